The predicted octanol–water partition coefficient (Wildman–Crippen LogP) is 0.196. The summed E-state index contributed by atoms with van der Waals surface area (Å²) >= 11 is 0. The van der Waals surface area contributed by atoms with Crippen molar-refractivity contribution >= 4 is 17.5 Å². The summed E-state index contributed by atoms with van der Waals surface area (Å²) < 4.78 is 0. The van der Waals surface area contributed by atoms with Crippen molar-refractivity contribution in [3.8, 4) is 0 Å². The third-order valence-corrected chi connectivity index (χ3v) is 1.80. The van der Waals surface area contributed by atoms with Gasteiger partial charge in [-0.2, -0.15) is 0 Å². The highest BCUT2D eigenvalue weighted by atomic mass is 16.1. The van der Waals surface area contributed by atoms with Gasteiger partial charge in [0.05, 0.1) is 12.4 Å². The molecule has 0 saturated heterocycles. The Hall–Kier alpha value is -1.85. The molecule has 0 radical (unpaired) electrons. The maximum Gasteiger partial charge on any atom is 0.217 e. The number of amides is 1. The minimum atomic E-state index is -0.285. The van der Waals surface area contributed by atoms with Crippen molar-refractivity contribution in [2.24, 2.45) is 5.73 Å². The average Bonchev–Trinajstić information content (AvgIpc) is 2.24. The van der Waals surface area contributed by atoms with Gasteiger partial charge in [-0.3, -0.25) is 9.78 Å². The van der Waals surface area contributed by atoms with Gasteiger partial charge in [-0.05, 0) is 6.42 Å². The molecule has 1 rings (SSSR count). The van der Waals surface area contributed by atoms with Crippen LogP contribution in [0.3, 0.4) is 0 Å². The summed E-state index contributed by atoms with van der Waals surface area (Å²) in [6.45, 7) is 0.658. The van der Waals surface area contributed by atoms with E-state index in [1.807, 2.05) is 0 Å². The van der Waals surface area contributed by atoms with Gasteiger partial charge in [0.25, 0.3) is 0 Å². The Morgan fingerprint density at radius 3 is 2.87 bits per heavy atom. The molecule has 6 heteroatoms. The summed E-state index contributed by atoms with van der Waals surface area (Å²) in [5.74, 6) is 1.10. The molecule has 1 heterocycles. The van der Waals surface area contributed by atoms with Gasteiger partial charge in [0.2, 0.25) is 5.91 Å². The standard InChI is InChI=1S/C9H15N5O/c1-11-8-5-12-6-9(14-8)13-4-2-3-7(10)15/h5-6H,2-4H2,1H3,(H2,10,15)(H2,11,13,14). The topological polar surface area (TPSA) is 92.9 Å². The lowest BCUT2D eigenvalue weighted by Crippen LogP contribution is -2.13. The fraction of sp³-hybridized carbons (Fsp3) is 0.444. The quantitative estimate of drug-likeness (QED) is 0.582. The number of aromatic nitrogens is 2. The molecule has 0 unspecified atom stereocenters. The van der Waals surface area contributed by atoms with E-state index in [4.69, 9.17) is 5.73 Å². The Labute approximate surface area is 88.3 Å². The largest absolute Gasteiger partial charge is 0.372 e. The van der Waals surface area contributed by atoms with Crippen LogP contribution < -0.4 is 16.4 Å². The van der Waals surface area contributed by atoms with Crippen molar-refractivity contribution in [1.82, 2.24) is 9.97 Å². The molecule has 1 aromatic heterocycles. The monoisotopic (exact) mass is 209 g/mol. The summed E-state index contributed by atoms with van der Waals surface area (Å²) in [5, 5.41) is 5.94. The minimum Gasteiger partial charge on any atom is -0.372 e. The van der Waals surface area contributed by atoms with Crippen LogP contribution in [0.15, 0.2) is 12.4 Å². The number of nitrogens with one attached hydrogen (secondary N) is 2. The zero-order valence-electron chi connectivity index (χ0n) is 8.66. The van der Waals surface area contributed by atoms with Gasteiger partial charge in [-0.15, -0.1) is 0 Å². The molecular weight excluding hydrogens is 194 g/mol. The Morgan fingerprint density at radius 1 is 1.47 bits per heavy atom. The highest BCUT2D eigenvalue weighted by Crippen LogP contribution is 2.05. The van der Waals surface area contributed by atoms with Crippen LogP contribution in [0.2, 0.25) is 0 Å². The average molecular weight is 209 g/mol. The molecule has 0 aliphatic rings. The van der Waals surface area contributed by atoms with Crippen LogP contribution in [0.4, 0.5) is 11.6 Å². The van der Waals surface area contributed by atoms with Crippen LogP contribution in [0.25, 0.3) is 0 Å². The van der Waals surface area contributed by atoms with E-state index in [1.54, 1.807) is 19.4 Å². The number of hydrogen-bond acceptors (Lipinski definition) is 5. The predicted molar refractivity (Wildman–Crippen MR) is 58.5 cm³/mol. The van der Waals surface area contributed by atoms with Crippen LogP contribution in [-0.4, -0.2) is 29.5 Å². The molecule has 0 aliphatic heterocycles. The number of nitrogens with zero attached hydrogens (tertiary/aromatic N) is 2. The number of nitrogens with two attached hydrogens (primary N) is 1. The number of carbonyl (C=O) groups excluding carboxylic acids is 1. The molecule has 0 spiro atoms. The number of carbonyl (C=O) groups is 1. The van der Waals surface area contributed by atoms with Crippen molar-refractivity contribution in [2.75, 3.05) is 24.2 Å². The Morgan fingerprint density at radius 2 is 2.20 bits per heavy atom. The second-order valence-corrected chi connectivity index (χ2v) is 3.04. The van der Waals surface area contributed by atoms with Crippen LogP contribution in [0.1, 0.15) is 12.8 Å². The maximum atomic E-state index is 10.5. The van der Waals surface area contributed by atoms with E-state index < -0.39 is 0 Å². The lowest BCUT2D eigenvalue weighted by Gasteiger charge is -2.05. The van der Waals surface area contributed by atoms with Gasteiger partial charge in [0.1, 0.15) is 11.6 Å². The van der Waals surface area contributed by atoms with Crippen molar-refractivity contribution in [3.63, 3.8) is 0 Å². The fourth-order valence-electron chi connectivity index (χ4n) is 1.05. The molecule has 1 aromatic rings. The van der Waals surface area contributed by atoms with Crippen molar-refractivity contribution < 1.29 is 4.79 Å². The van der Waals surface area contributed by atoms with E-state index in [9.17, 15) is 4.79 Å². The van der Waals surface area contributed by atoms with Gasteiger partial charge < -0.3 is 16.4 Å². The molecule has 0 bridgehead atoms. The molecule has 0 fully saturated rings. The lowest BCUT2D eigenvalue weighted by atomic mass is 10.3. The summed E-state index contributed by atoms with van der Waals surface area (Å²) in [7, 11) is 1.78. The number of rotatable bonds is 6. The van der Waals surface area contributed by atoms with E-state index in [0.29, 0.717) is 31.0 Å². The van der Waals surface area contributed by atoms with Crippen LogP contribution in [0.5, 0.6) is 0 Å². The molecule has 0 aromatic carbocycles. The van der Waals surface area contributed by atoms with Gasteiger partial charge in [-0.25, -0.2) is 4.98 Å². The summed E-state index contributed by atoms with van der Waals surface area (Å²) in [6, 6.07) is 0. The Balaban J connectivity index is 2.33. The van der Waals surface area contributed by atoms with Crippen LogP contribution >= 0.6 is 0 Å². The summed E-state index contributed by atoms with van der Waals surface area (Å²) in [6.07, 6.45) is 4.34. The van der Waals surface area contributed by atoms with E-state index in [0.717, 1.165) is 0 Å². The zero-order chi connectivity index (χ0) is 11.1. The third-order valence-electron chi connectivity index (χ3n) is 1.80. The van der Waals surface area contributed by atoms with Gasteiger partial charge in [-0.1, -0.05) is 0 Å². The zero-order valence-corrected chi connectivity index (χ0v) is 8.66. The van der Waals surface area contributed by atoms with Gasteiger partial charge >= 0.3 is 0 Å². The Kier molecular flexibility index (Phi) is 4.33. The molecule has 1 amide bonds. The minimum absolute atomic E-state index is 0.285. The third kappa shape index (κ3) is 4.26. The normalized spacial score (nSPS) is 9.67. The Bertz CT molecular complexity index is 328. The lowest BCUT2D eigenvalue weighted by molar-refractivity contribution is -0.118. The first-order valence-corrected chi connectivity index (χ1v) is 4.74. The van der Waals surface area contributed by atoms with E-state index in [2.05, 4.69) is 20.6 Å². The molecule has 0 atom stereocenters. The number of anilines is 2. The van der Waals surface area contributed by atoms with Crippen LogP contribution in [-0.2, 0) is 4.79 Å². The second kappa shape index (κ2) is 5.79. The van der Waals surface area contributed by atoms with Crippen molar-refractivity contribution in [2.45, 2.75) is 12.8 Å². The molecule has 0 aliphatic carbocycles. The summed E-state index contributed by atoms with van der Waals surface area (Å²) in [5.41, 5.74) is 5.01. The maximum absolute atomic E-state index is 10.5. The summed E-state index contributed by atoms with van der Waals surface area (Å²) in [4.78, 5) is 18.7. The SMILES string of the molecule is CNc1cncc(NCCCC(N)=O)n1. The molecule has 82 valence electrons. The number of primary amides is 1. The van der Waals surface area contributed by atoms with Crippen molar-refractivity contribution in [1.29, 1.82) is 0 Å². The first-order valence-electron chi connectivity index (χ1n) is 4.74. The first-order chi connectivity index (χ1) is 7.22. The molecule has 0 saturated carbocycles. The fourth-order valence-corrected chi connectivity index (χ4v) is 1.05. The molecule has 15 heavy (non-hydrogen) atoms. The highest BCUT2D eigenvalue weighted by molar-refractivity contribution is 5.73. The van der Waals surface area contributed by atoms with E-state index in [1.165, 1.54) is 0 Å². The first kappa shape index (κ1) is 11.2. The number of hydrogen-bond donors (Lipinski definition) is 3. The van der Waals surface area contributed by atoms with Gasteiger partial charge in [0.15, 0.2) is 0 Å². The van der Waals surface area contributed by atoms with E-state index in [-0.39, 0.29) is 5.91 Å². The second-order valence-electron chi connectivity index (χ2n) is 3.04. The van der Waals surface area contributed by atoms with Gasteiger partial charge in [0, 0.05) is 20.0 Å². The van der Waals surface area contributed by atoms with Crippen LogP contribution in [0, 0.1) is 0 Å². The highest BCUT2D eigenvalue weighted by Gasteiger charge is 1.97. The smallest absolute Gasteiger partial charge is 0.217 e. The molecule has 6 nitrogen and oxygen atoms in total. The van der Waals surface area contributed by atoms with Crippen molar-refractivity contribution in [3.05, 3.63) is 12.4 Å². The molecule has 4 N–H and O–H groups in total. The van der Waals surface area contributed by atoms with E-state index >= 15 is 0 Å². The molecular formula is C9H15N5O.